The minimum atomic E-state index is -4.30. The average Bonchev–Trinajstić information content (AvgIpc) is 3.21. The number of rotatable bonds is 2. The van der Waals surface area contributed by atoms with Gasteiger partial charge in [0.2, 0.25) is 5.82 Å². The first-order valence-electron chi connectivity index (χ1n) is 9.30. The average molecular weight is 377 g/mol. The van der Waals surface area contributed by atoms with Gasteiger partial charge in [0, 0.05) is 36.5 Å². The molecule has 1 aromatic heterocycles. The van der Waals surface area contributed by atoms with Crippen molar-refractivity contribution in [2.24, 2.45) is 23.2 Å². The molecule has 3 aliphatic rings. The third-order valence-corrected chi connectivity index (χ3v) is 6.56. The summed E-state index contributed by atoms with van der Waals surface area (Å²) in [6, 6.07) is 1.66. The van der Waals surface area contributed by atoms with Crippen LogP contribution < -0.4 is 0 Å². The van der Waals surface area contributed by atoms with Crippen molar-refractivity contribution in [1.29, 1.82) is 0 Å². The van der Waals surface area contributed by atoms with E-state index in [9.17, 15) is 18.0 Å². The Labute approximate surface area is 156 Å². The molecule has 0 radical (unpaired) electrons. The van der Waals surface area contributed by atoms with Crippen molar-refractivity contribution in [3.8, 4) is 0 Å². The topological polar surface area (TPSA) is 46.1 Å². The van der Waals surface area contributed by atoms with Gasteiger partial charge >= 0.3 is 6.18 Å². The number of carbonyl (C=O) groups is 1. The molecule has 0 aromatic carbocycles. The summed E-state index contributed by atoms with van der Waals surface area (Å²) in [6.07, 6.45) is 5.23. The van der Waals surface area contributed by atoms with Gasteiger partial charge in [-0.15, -0.1) is 0 Å². The SMILES string of the molecule is CC1([C@@H]2C[C@@H]3CN(C(=O)c4ncccn4)C[C@@H]3C2)CC=CC=C1C(F)(F)F. The van der Waals surface area contributed by atoms with E-state index < -0.39 is 17.2 Å². The molecule has 7 heteroatoms. The number of hydrogen-bond acceptors (Lipinski definition) is 3. The summed E-state index contributed by atoms with van der Waals surface area (Å²) >= 11 is 0. The van der Waals surface area contributed by atoms with Crippen LogP contribution in [0.4, 0.5) is 13.2 Å². The molecule has 0 bridgehead atoms. The summed E-state index contributed by atoms with van der Waals surface area (Å²) in [5, 5.41) is 0. The van der Waals surface area contributed by atoms with Crippen molar-refractivity contribution in [2.75, 3.05) is 13.1 Å². The van der Waals surface area contributed by atoms with E-state index in [0.29, 0.717) is 19.5 Å². The number of halogens is 3. The van der Waals surface area contributed by atoms with Gasteiger partial charge in [0.05, 0.1) is 0 Å². The number of hydrogen-bond donors (Lipinski definition) is 0. The fourth-order valence-corrected chi connectivity index (χ4v) is 5.12. The molecular weight excluding hydrogens is 355 g/mol. The first kappa shape index (κ1) is 18.2. The zero-order valence-electron chi connectivity index (χ0n) is 15.1. The van der Waals surface area contributed by atoms with Gasteiger partial charge in [-0.1, -0.05) is 25.2 Å². The second-order valence-electron chi connectivity index (χ2n) is 8.10. The quantitative estimate of drug-likeness (QED) is 0.782. The maximum atomic E-state index is 13.6. The largest absolute Gasteiger partial charge is 0.413 e. The van der Waals surface area contributed by atoms with Gasteiger partial charge in [-0.2, -0.15) is 13.2 Å². The molecule has 1 unspecified atom stereocenters. The van der Waals surface area contributed by atoms with Gasteiger partial charge in [0.15, 0.2) is 0 Å². The normalized spacial score (nSPS) is 33.1. The molecule has 2 fully saturated rings. The van der Waals surface area contributed by atoms with Gasteiger partial charge in [0.25, 0.3) is 5.91 Å². The van der Waals surface area contributed by atoms with Crippen molar-refractivity contribution in [3.05, 3.63) is 48.1 Å². The molecule has 144 valence electrons. The van der Waals surface area contributed by atoms with Crippen LogP contribution in [0.15, 0.2) is 42.3 Å². The Morgan fingerprint density at radius 2 is 1.81 bits per heavy atom. The fraction of sp³-hybridized carbons (Fsp3) is 0.550. The van der Waals surface area contributed by atoms with E-state index in [1.807, 2.05) is 6.08 Å². The predicted octanol–water partition coefficient (Wildman–Crippen LogP) is 4.03. The van der Waals surface area contributed by atoms with Crippen molar-refractivity contribution in [3.63, 3.8) is 0 Å². The van der Waals surface area contributed by atoms with E-state index in [2.05, 4.69) is 9.97 Å². The third kappa shape index (κ3) is 3.17. The van der Waals surface area contributed by atoms with E-state index in [-0.39, 0.29) is 29.5 Å². The van der Waals surface area contributed by atoms with Gasteiger partial charge < -0.3 is 4.90 Å². The van der Waals surface area contributed by atoms with Crippen molar-refractivity contribution < 1.29 is 18.0 Å². The van der Waals surface area contributed by atoms with Crippen molar-refractivity contribution in [2.45, 2.75) is 32.4 Å². The summed E-state index contributed by atoms with van der Waals surface area (Å²) in [5.41, 5.74) is -1.29. The van der Waals surface area contributed by atoms with Gasteiger partial charge in [-0.05, 0) is 43.1 Å². The van der Waals surface area contributed by atoms with E-state index >= 15 is 0 Å². The van der Waals surface area contributed by atoms with Crippen LogP contribution in [0.2, 0.25) is 0 Å². The molecule has 1 saturated carbocycles. The predicted molar refractivity (Wildman–Crippen MR) is 93.6 cm³/mol. The summed E-state index contributed by atoms with van der Waals surface area (Å²) in [4.78, 5) is 22.3. The highest BCUT2D eigenvalue weighted by molar-refractivity contribution is 5.90. The first-order valence-corrected chi connectivity index (χ1v) is 9.30. The molecule has 1 aromatic rings. The molecule has 1 aliphatic heterocycles. The Hall–Kier alpha value is -2.18. The summed E-state index contributed by atoms with van der Waals surface area (Å²) < 4.78 is 40.7. The number of alkyl halides is 3. The first-order chi connectivity index (χ1) is 12.8. The number of nitrogens with zero attached hydrogens (tertiary/aromatic N) is 3. The lowest BCUT2D eigenvalue weighted by Gasteiger charge is -2.40. The fourth-order valence-electron chi connectivity index (χ4n) is 5.12. The molecular formula is C20H22F3N3O. The Morgan fingerprint density at radius 3 is 2.41 bits per heavy atom. The lowest BCUT2D eigenvalue weighted by atomic mass is 9.66. The zero-order valence-corrected chi connectivity index (χ0v) is 15.1. The highest BCUT2D eigenvalue weighted by Crippen LogP contribution is 2.56. The second kappa shape index (κ2) is 6.46. The Bertz CT molecular complexity index is 775. The van der Waals surface area contributed by atoms with E-state index in [1.165, 1.54) is 24.5 Å². The molecule has 4 atom stereocenters. The lowest BCUT2D eigenvalue weighted by molar-refractivity contribution is -0.111. The molecule has 4 nitrogen and oxygen atoms in total. The van der Waals surface area contributed by atoms with Crippen LogP contribution in [0.3, 0.4) is 0 Å². The summed E-state index contributed by atoms with van der Waals surface area (Å²) in [5.74, 6) is 0.472. The van der Waals surface area contributed by atoms with Crippen LogP contribution in [0, 0.1) is 23.2 Å². The number of likely N-dealkylation sites (tertiary alicyclic amines) is 1. The smallest absolute Gasteiger partial charge is 0.335 e. The molecule has 2 heterocycles. The second-order valence-corrected chi connectivity index (χ2v) is 8.10. The highest BCUT2D eigenvalue weighted by atomic mass is 19.4. The standard InChI is InChI=1S/C20H22F3N3O/c1-19(6-3-2-5-16(19)20(21,22)23)15-9-13-11-26(12-14(13)10-15)18(27)17-24-7-4-8-25-17/h2-5,7-8,13-15H,6,9-12H2,1H3/t13-,14+,15-,19?. The maximum Gasteiger partial charge on any atom is 0.413 e. The van der Waals surface area contributed by atoms with Crippen LogP contribution in [0.1, 0.15) is 36.8 Å². The summed E-state index contributed by atoms with van der Waals surface area (Å²) in [6.45, 7) is 2.91. The molecule has 0 spiro atoms. The number of aromatic nitrogens is 2. The molecule has 0 N–H and O–H groups in total. The van der Waals surface area contributed by atoms with Crippen LogP contribution in [-0.2, 0) is 0 Å². The van der Waals surface area contributed by atoms with Crippen LogP contribution in [0.5, 0.6) is 0 Å². The molecule has 2 aliphatic carbocycles. The Kier molecular flexibility index (Phi) is 4.35. The van der Waals surface area contributed by atoms with E-state index in [1.54, 1.807) is 17.9 Å². The van der Waals surface area contributed by atoms with Crippen LogP contribution in [-0.4, -0.2) is 40.0 Å². The van der Waals surface area contributed by atoms with Gasteiger partial charge in [0.1, 0.15) is 0 Å². The number of amides is 1. The maximum absolute atomic E-state index is 13.6. The van der Waals surface area contributed by atoms with Crippen molar-refractivity contribution >= 4 is 5.91 Å². The lowest BCUT2D eigenvalue weighted by Crippen LogP contribution is -2.37. The van der Waals surface area contributed by atoms with E-state index in [4.69, 9.17) is 0 Å². The number of fused-ring (bicyclic) bond motifs is 1. The van der Waals surface area contributed by atoms with Crippen molar-refractivity contribution in [1.82, 2.24) is 14.9 Å². The Morgan fingerprint density at radius 1 is 1.19 bits per heavy atom. The molecule has 4 rings (SSSR count). The minimum Gasteiger partial charge on any atom is -0.335 e. The highest BCUT2D eigenvalue weighted by Gasteiger charge is 2.54. The zero-order chi connectivity index (χ0) is 19.2. The minimum absolute atomic E-state index is 0.0180. The monoisotopic (exact) mass is 377 g/mol. The third-order valence-electron chi connectivity index (χ3n) is 6.56. The number of carbonyl (C=O) groups excluding carboxylic acids is 1. The Balaban J connectivity index is 1.46. The van der Waals surface area contributed by atoms with Crippen LogP contribution in [0.25, 0.3) is 0 Å². The van der Waals surface area contributed by atoms with Gasteiger partial charge in [-0.3, -0.25) is 4.79 Å². The summed E-state index contributed by atoms with van der Waals surface area (Å²) in [7, 11) is 0. The molecule has 1 saturated heterocycles. The van der Waals surface area contributed by atoms with E-state index in [0.717, 1.165) is 12.8 Å². The number of allylic oxidation sites excluding steroid dienone is 4. The molecule has 27 heavy (non-hydrogen) atoms. The van der Waals surface area contributed by atoms with Gasteiger partial charge in [-0.25, -0.2) is 9.97 Å². The van der Waals surface area contributed by atoms with Crippen LogP contribution >= 0.6 is 0 Å². The molecule has 1 amide bonds.